The van der Waals surface area contributed by atoms with Crippen LogP contribution in [0.25, 0.3) is 22.5 Å². The standard InChI is InChI=1S/C26H28BrN3O2/c1-16-6-10-18(11-7-16)21-22(19-12-8-17(2)9-13-19)29-24-23(28-21)20(27)14-15-30(24)25(31)32-26(3,4)5/h6-13,20H,14-15H2,1-5H3. The third-order valence-corrected chi connectivity index (χ3v) is 6.22. The summed E-state index contributed by atoms with van der Waals surface area (Å²) in [5.74, 6) is 0.554. The number of hydrogen-bond acceptors (Lipinski definition) is 4. The molecule has 6 heteroatoms. The van der Waals surface area contributed by atoms with Crippen LogP contribution in [0.15, 0.2) is 48.5 Å². The summed E-state index contributed by atoms with van der Waals surface area (Å²) in [5, 5.41) is 0. The van der Waals surface area contributed by atoms with Crippen LogP contribution in [0.5, 0.6) is 0 Å². The van der Waals surface area contributed by atoms with Crippen molar-refractivity contribution in [2.45, 2.75) is 51.5 Å². The van der Waals surface area contributed by atoms with Crippen LogP contribution in [-0.4, -0.2) is 28.2 Å². The van der Waals surface area contributed by atoms with Crippen LogP contribution in [0.2, 0.25) is 0 Å². The van der Waals surface area contributed by atoms with E-state index in [-0.39, 0.29) is 4.83 Å². The molecule has 1 aromatic heterocycles. The summed E-state index contributed by atoms with van der Waals surface area (Å²) in [6.07, 6.45) is 0.336. The molecule has 2 aromatic carbocycles. The molecule has 1 unspecified atom stereocenters. The van der Waals surface area contributed by atoms with Gasteiger partial charge in [-0.15, -0.1) is 0 Å². The number of nitrogens with zero attached hydrogens (tertiary/aromatic N) is 3. The lowest BCUT2D eigenvalue weighted by molar-refractivity contribution is 0.0576. The van der Waals surface area contributed by atoms with Crippen molar-refractivity contribution in [3.63, 3.8) is 0 Å². The van der Waals surface area contributed by atoms with E-state index in [2.05, 4.69) is 78.3 Å². The van der Waals surface area contributed by atoms with E-state index in [9.17, 15) is 4.79 Å². The summed E-state index contributed by atoms with van der Waals surface area (Å²) >= 11 is 3.75. The van der Waals surface area contributed by atoms with Gasteiger partial charge in [-0.1, -0.05) is 75.6 Å². The second kappa shape index (κ2) is 8.66. The maximum atomic E-state index is 13.0. The fourth-order valence-corrected chi connectivity index (χ4v) is 4.17. The quantitative estimate of drug-likeness (QED) is 0.360. The number of anilines is 1. The summed E-state index contributed by atoms with van der Waals surface area (Å²) in [5.41, 5.74) is 6.05. The number of halogens is 1. The highest BCUT2D eigenvalue weighted by atomic mass is 79.9. The lowest BCUT2D eigenvalue weighted by Gasteiger charge is -2.32. The van der Waals surface area contributed by atoms with Gasteiger partial charge in [-0.05, 0) is 41.0 Å². The number of carbonyl (C=O) groups is 1. The number of benzene rings is 2. The Hall–Kier alpha value is -2.73. The van der Waals surface area contributed by atoms with E-state index < -0.39 is 11.7 Å². The van der Waals surface area contributed by atoms with Crippen molar-refractivity contribution < 1.29 is 9.53 Å². The van der Waals surface area contributed by atoms with Gasteiger partial charge in [0.1, 0.15) is 5.60 Å². The summed E-state index contributed by atoms with van der Waals surface area (Å²) in [4.78, 5) is 24.7. The minimum Gasteiger partial charge on any atom is -0.443 e. The molecule has 1 atom stereocenters. The number of hydrogen-bond donors (Lipinski definition) is 0. The first-order valence-corrected chi connectivity index (χ1v) is 11.7. The monoisotopic (exact) mass is 493 g/mol. The third-order valence-electron chi connectivity index (χ3n) is 5.33. The molecule has 1 amide bonds. The van der Waals surface area contributed by atoms with E-state index >= 15 is 0 Å². The normalized spacial score (nSPS) is 15.9. The molecule has 0 aliphatic carbocycles. The molecule has 32 heavy (non-hydrogen) atoms. The van der Waals surface area contributed by atoms with Crippen molar-refractivity contribution in [1.82, 2.24) is 9.97 Å². The van der Waals surface area contributed by atoms with Crippen LogP contribution in [0, 0.1) is 13.8 Å². The number of aryl methyl sites for hydroxylation is 2. The molecule has 2 heterocycles. The Morgan fingerprint density at radius 2 is 1.44 bits per heavy atom. The van der Waals surface area contributed by atoms with Crippen LogP contribution in [0.3, 0.4) is 0 Å². The number of carbonyl (C=O) groups excluding carboxylic acids is 1. The summed E-state index contributed by atoms with van der Waals surface area (Å²) in [6, 6.07) is 16.5. The largest absolute Gasteiger partial charge is 0.443 e. The maximum absolute atomic E-state index is 13.0. The van der Waals surface area contributed by atoms with E-state index in [1.165, 1.54) is 11.1 Å². The average molecular weight is 494 g/mol. The first-order valence-electron chi connectivity index (χ1n) is 10.8. The van der Waals surface area contributed by atoms with Crippen molar-refractivity contribution in [2.24, 2.45) is 0 Å². The Morgan fingerprint density at radius 1 is 0.938 bits per heavy atom. The predicted octanol–water partition coefficient (Wildman–Crippen LogP) is 7.01. The minimum absolute atomic E-state index is 0.0138. The van der Waals surface area contributed by atoms with E-state index in [4.69, 9.17) is 14.7 Å². The second-order valence-electron chi connectivity index (χ2n) is 9.25. The predicted molar refractivity (Wildman–Crippen MR) is 132 cm³/mol. The molecule has 1 aliphatic heterocycles. The van der Waals surface area contributed by atoms with Crippen molar-refractivity contribution >= 4 is 27.8 Å². The first-order chi connectivity index (χ1) is 15.1. The molecule has 0 spiro atoms. The molecule has 3 aromatic rings. The molecule has 0 fully saturated rings. The number of amides is 1. The Kier molecular flexibility index (Phi) is 6.08. The van der Waals surface area contributed by atoms with Crippen LogP contribution >= 0.6 is 15.9 Å². The summed E-state index contributed by atoms with van der Waals surface area (Å²) in [7, 11) is 0. The number of ether oxygens (including phenoxy) is 1. The van der Waals surface area contributed by atoms with Crippen LogP contribution in [0.1, 0.15) is 48.8 Å². The number of alkyl halides is 1. The molecule has 0 bridgehead atoms. The highest BCUT2D eigenvalue weighted by Crippen LogP contribution is 2.41. The van der Waals surface area contributed by atoms with Gasteiger partial charge < -0.3 is 4.74 Å². The zero-order valence-corrected chi connectivity index (χ0v) is 20.7. The highest BCUT2D eigenvalue weighted by molar-refractivity contribution is 9.09. The lowest BCUT2D eigenvalue weighted by Crippen LogP contribution is -2.41. The van der Waals surface area contributed by atoms with Crippen LogP contribution in [0.4, 0.5) is 10.6 Å². The Balaban J connectivity index is 1.90. The maximum Gasteiger partial charge on any atom is 0.416 e. The minimum atomic E-state index is -0.586. The number of fused-ring (bicyclic) bond motifs is 1. The van der Waals surface area contributed by atoms with Crippen LogP contribution < -0.4 is 4.90 Å². The molecule has 0 radical (unpaired) electrons. The fourth-order valence-electron chi connectivity index (χ4n) is 3.65. The van der Waals surface area contributed by atoms with E-state index in [1.807, 2.05) is 20.8 Å². The van der Waals surface area contributed by atoms with Crippen LogP contribution in [-0.2, 0) is 4.74 Å². The lowest BCUT2D eigenvalue weighted by atomic mass is 10.0. The van der Waals surface area contributed by atoms with Gasteiger partial charge in [0, 0.05) is 17.7 Å². The smallest absolute Gasteiger partial charge is 0.416 e. The molecule has 166 valence electrons. The van der Waals surface area contributed by atoms with Crippen molar-refractivity contribution in [2.75, 3.05) is 11.4 Å². The SMILES string of the molecule is Cc1ccc(-c2nc3c(nc2-c2ccc(C)cc2)N(C(=O)OC(C)(C)C)CCC3Br)cc1. The highest BCUT2D eigenvalue weighted by Gasteiger charge is 2.34. The second-order valence-corrected chi connectivity index (χ2v) is 10.4. The number of rotatable bonds is 2. The topological polar surface area (TPSA) is 55.3 Å². The first kappa shape index (κ1) is 22.5. The zero-order valence-electron chi connectivity index (χ0n) is 19.1. The Bertz CT molecular complexity index is 1140. The molecular formula is C26H28BrN3O2. The molecular weight excluding hydrogens is 466 g/mol. The van der Waals surface area contributed by atoms with Gasteiger partial charge in [0.25, 0.3) is 0 Å². The van der Waals surface area contributed by atoms with E-state index in [0.717, 1.165) is 34.6 Å². The van der Waals surface area contributed by atoms with E-state index in [0.29, 0.717) is 12.4 Å². The Morgan fingerprint density at radius 3 is 1.94 bits per heavy atom. The van der Waals surface area contributed by atoms with Crippen molar-refractivity contribution in [3.8, 4) is 22.5 Å². The molecule has 4 rings (SSSR count). The van der Waals surface area contributed by atoms with Gasteiger partial charge in [0.15, 0.2) is 5.82 Å². The van der Waals surface area contributed by atoms with Gasteiger partial charge in [-0.25, -0.2) is 14.8 Å². The zero-order chi connectivity index (χ0) is 23.0. The van der Waals surface area contributed by atoms with Gasteiger partial charge in [0.05, 0.1) is 21.9 Å². The van der Waals surface area contributed by atoms with Gasteiger partial charge in [0.2, 0.25) is 0 Å². The van der Waals surface area contributed by atoms with Gasteiger partial charge in [-0.2, -0.15) is 0 Å². The molecule has 0 N–H and O–H groups in total. The fraction of sp³-hybridized carbons (Fsp3) is 0.346. The van der Waals surface area contributed by atoms with Crippen molar-refractivity contribution in [3.05, 3.63) is 65.4 Å². The summed E-state index contributed by atoms with van der Waals surface area (Å²) < 4.78 is 5.66. The average Bonchev–Trinajstić information content (AvgIpc) is 2.73. The molecule has 0 saturated carbocycles. The van der Waals surface area contributed by atoms with Gasteiger partial charge >= 0.3 is 6.09 Å². The third kappa shape index (κ3) is 4.70. The van der Waals surface area contributed by atoms with Crippen molar-refractivity contribution in [1.29, 1.82) is 0 Å². The molecule has 5 nitrogen and oxygen atoms in total. The number of aromatic nitrogens is 2. The molecule has 0 saturated heterocycles. The van der Waals surface area contributed by atoms with Gasteiger partial charge in [-0.3, -0.25) is 4.90 Å². The molecule has 1 aliphatic rings. The Labute approximate surface area is 198 Å². The van der Waals surface area contributed by atoms with E-state index in [1.54, 1.807) is 4.90 Å². The summed E-state index contributed by atoms with van der Waals surface area (Å²) in [6.45, 7) is 10.2.